The molecule has 0 atom stereocenters. The van der Waals surface area contributed by atoms with Crippen LogP contribution >= 0.6 is 11.6 Å². The van der Waals surface area contributed by atoms with Gasteiger partial charge in [0, 0.05) is 24.3 Å². The topological polar surface area (TPSA) is 53.7 Å². The van der Waals surface area contributed by atoms with Crippen molar-refractivity contribution in [3.05, 3.63) is 41.2 Å². The van der Waals surface area contributed by atoms with Gasteiger partial charge in [-0.25, -0.2) is 4.39 Å². The highest BCUT2D eigenvalue weighted by atomic mass is 35.5. The molecule has 20 heavy (non-hydrogen) atoms. The third-order valence-electron chi connectivity index (χ3n) is 2.61. The number of nitrogen functional groups attached to an aromatic ring is 1. The van der Waals surface area contributed by atoms with Gasteiger partial charge in [-0.1, -0.05) is 11.6 Å². The largest absolute Gasteiger partial charge is 0.496 e. The molecule has 0 aliphatic carbocycles. The van der Waals surface area contributed by atoms with Crippen molar-refractivity contribution >= 4 is 17.3 Å². The highest BCUT2D eigenvalue weighted by Crippen LogP contribution is 2.35. The van der Waals surface area contributed by atoms with Gasteiger partial charge in [0.05, 0.1) is 24.9 Å². The Bertz CT molecular complexity index is 612. The van der Waals surface area contributed by atoms with Crippen molar-refractivity contribution < 1.29 is 18.6 Å². The molecule has 0 amide bonds. The summed E-state index contributed by atoms with van der Waals surface area (Å²) in [6.07, 6.45) is 0. The van der Waals surface area contributed by atoms with E-state index < -0.39 is 5.82 Å². The lowest BCUT2D eigenvalue weighted by Gasteiger charge is -2.12. The van der Waals surface area contributed by atoms with E-state index in [0.717, 1.165) is 6.07 Å². The Morgan fingerprint density at radius 2 is 1.50 bits per heavy atom. The summed E-state index contributed by atoms with van der Waals surface area (Å²) in [5.74, 6) is 1.07. The van der Waals surface area contributed by atoms with Crippen molar-refractivity contribution in [1.29, 1.82) is 0 Å². The minimum absolute atomic E-state index is 0.0573. The molecule has 106 valence electrons. The molecule has 6 heteroatoms. The minimum atomic E-state index is -0.606. The average molecular weight is 298 g/mol. The Hall–Kier alpha value is -2.14. The molecule has 0 saturated carbocycles. The summed E-state index contributed by atoms with van der Waals surface area (Å²) in [6.45, 7) is 0. The monoisotopic (exact) mass is 297 g/mol. The summed E-state index contributed by atoms with van der Waals surface area (Å²) < 4.78 is 29.2. The highest BCUT2D eigenvalue weighted by molar-refractivity contribution is 6.31. The number of anilines is 1. The first-order valence-corrected chi connectivity index (χ1v) is 6.06. The third-order valence-corrected chi connectivity index (χ3v) is 2.90. The Morgan fingerprint density at radius 1 is 0.950 bits per heavy atom. The maximum atomic E-state index is 13.4. The van der Waals surface area contributed by atoms with Gasteiger partial charge in [0.15, 0.2) is 5.75 Å². The van der Waals surface area contributed by atoms with Gasteiger partial charge in [-0.2, -0.15) is 0 Å². The van der Waals surface area contributed by atoms with E-state index >= 15 is 0 Å². The van der Waals surface area contributed by atoms with E-state index in [2.05, 4.69) is 0 Å². The van der Waals surface area contributed by atoms with Crippen molar-refractivity contribution in [2.75, 3.05) is 20.0 Å². The van der Waals surface area contributed by atoms with E-state index in [-0.39, 0.29) is 16.5 Å². The zero-order chi connectivity index (χ0) is 14.7. The molecular weight excluding hydrogens is 285 g/mol. The van der Waals surface area contributed by atoms with E-state index in [1.165, 1.54) is 20.3 Å². The van der Waals surface area contributed by atoms with Gasteiger partial charge in [-0.3, -0.25) is 0 Å². The fourth-order valence-electron chi connectivity index (χ4n) is 1.60. The first-order valence-electron chi connectivity index (χ1n) is 5.69. The molecule has 2 aromatic carbocycles. The molecule has 0 spiro atoms. The second-order valence-electron chi connectivity index (χ2n) is 3.95. The number of methoxy groups -OCH3 is 2. The maximum absolute atomic E-state index is 13.4. The van der Waals surface area contributed by atoms with E-state index in [1.54, 1.807) is 18.2 Å². The van der Waals surface area contributed by atoms with Crippen LogP contribution in [0.2, 0.25) is 5.02 Å². The quantitative estimate of drug-likeness (QED) is 0.870. The fourth-order valence-corrected chi connectivity index (χ4v) is 1.77. The van der Waals surface area contributed by atoms with Gasteiger partial charge in [0.25, 0.3) is 0 Å². The third kappa shape index (κ3) is 3.05. The lowest BCUT2D eigenvalue weighted by molar-refractivity contribution is 0.386. The molecule has 2 rings (SSSR count). The van der Waals surface area contributed by atoms with Crippen molar-refractivity contribution in [2.24, 2.45) is 0 Å². The summed E-state index contributed by atoms with van der Waals surface area (Å²) in [4.78, 5) is 0. The lowest BCUT2D eigenvalue weighted by Crippen LogP contribution is -1.95. The predicted molar refractivity (Wildman–Crippen MR) is 75.4 cm³/mol. The van der Waals surface area contributed by atoms with E-state index in [9.17, 15) is 4.39 Å². The zero-order valence-electron chi connectivity index (χ0n) is 10.9. The molecule has 0 aliphatic heterocycles. The number of benzene rings is 2. The Balaban J connectivity index is 2.36. The van der Waals surface area contributed by atoms with Crippen molar-refractivity contribution in [3.8, 4) is 23.0 Å². The van der Waals surface area contributed by atoms with Crippen molar-refractivity contribution in [1.82, 2.24) is 0 Å². The molecule has 0 radical (unpaired) electrons. The number of nitrogens with two attached hydrogens (primary N) is 1. The molecule has 0 aliphatic rings. The summed E-state index contributed by atoms with van der Waals surface area (Å²) in [7, 11) is 3.05. The van der Waals surface area contributed by atoms with Gasteiger partial charge >= 0.3 is 0 Å². The number of rotatable bonds is 4. The molecule has 0 bridgehead atoms. The van der Waals surface area contributed by atoms with Gasteiger partial charge in [-0.15, -0.1) is 0 Å². The van der Waals surface area contributed by atoms with Crippen LogP contribution in [-0.4, -0.2) is 14.2 Å². The molecular formula is C14H13ClFNO3. The van der Waals surface area contributed by atoms with Crippen LogP contribution < -0.4 is 19.9 Å². The Morgan fingerprint density at radius 3 is 2.05 bits per heavy atom. The number of hydrogen-bond acceptors (Lipinski definition) is 4. The van der Waals surface area contributed by atoms with Crippen LogP contribution in [-0.2, 0) is 0 Å². The predicted octanol–water partition coefficient (Wildman–Crippen LogP) is 3.87. The summed E-state index contributed by atoms with van der Waals surface area (Å²) >= 11 is 5.63. The van der Waals surface area contributed by atoms with Crippen LogP contribution in [0, 0.1) is 5.82 Å². The van der Waals surface area contributed by atoms with Crippen molar-refractivity contribution in [2.45, 2.75) is 0 Å². The molecule has 4 nitrogen and oxygen atoms in total. The number of ether oxygens (including phenoxy) is 3. The molecule has 0 heterocycles. The summed E-state index contributed by atoms with van der Waals surface area (Å²) in [6, 6.07) is 7.38. The van der Waals surface area contributed by atoms with Crippen LogP contribution in [0.15, 0.2) is 30.3 Å². The number of halogens is 2. The molecule has 0 fully saturated rings. The van der Waals surface area contributed by atoms with Crippen LogP contribution in [0.5, 0.6) is 23.0 Å². The van der Waals surface area contributed by atoms with E-state index in [4.69, 9.17) is 31.5 Å². The van der Waals surface area contributed by atoms with E-state index in [1.807, 2.05) is 0 Å². The minimum Gasteiger partial charge on any atom is -0.496 e. The van der Waals surface area contributed by atoms with Gasteiger partial charge in [0.1, 0.15) is 23.1 Å². The van der Waals surface area contributed by atoms with Gasteiger partial charge in [0.2, 0.25) is 0 Å². The van der Waals surface area contributed by atoms with E-state index in [0.29, 0.717) is 17.2 Å². The Labute approximate surface area is 120 Å². The van der Waals surface area contributed by atoms with Crippen LogP contribution in [0.4, 0.5) is 10.1 Å². The van der Waals surface area contributed by atoms with Gasteiger partial charge < -0.3 is 19.9 Å². The number of hydrogen-bond donors (Lipinski definition) is 1. The Kier molecular flexibility index (Phi) is 4.20. The molecule has 0 aromatic heterocycles. The summed E-state index contributed by atoms with van der Waals surface area (Å²) in [5.41, 5.74) is 5.98. The van der Waals surface area contributed by atoms with Gasteiger partial charge in [-0.05, 0) is 6.07 Å². The van der Waals surface area contributed by atoms with Crippen LogP contribution in [0.1, 0.15) is 0 Å². The first kappa shape index (κ1) is 14.3. The fraction of sp³-hybridized carbons (Fsp3) is 0.143. The SMILES string of the molecule is COc1cc(OC)cc(Oc2cc(F)c(Cl)cc2N)c1. The average Bonchev–Trinajstić information content (AvgIpc) is 2.44. The second kappa shape index (κ2) is 5.88. The summed E-state index contributed by atoms with van der Waals surface area (Å²) in [5, 5.41) is -0.0573. The molecule has 0 unspecified atom stereocenters. The lowest BCUT2D eigenvalue weighted by atomic mass is 10.2. The standard InChI is InChI=1S/C14H13ClFNO3/c1-18-8-3-9(19-2)5-10(4-8)20-14-7-12(16)11(15)6-13(14)17/h3-7H,17H2,1-2H3. The van der Waals surface area contributed by atoms with Crippen LogP contribution in [0.25, 0.3) is 0 Å². The molecule has 2 aromatic rings. The van der Waals surface area contributed by atoms with Crippen LogP contribution in [0.3, 0.4) is 0 Å². The molecule has 2 N–H and O–H groups in total. The maximum Gasteiger partial charge on any atom is 0.153 e. The highest BCUT2D eigenvalue weighted by Gasteiger charge is 2.10. The normalized spacial score (nSPS) is 10.2. The first-order chi connectivity index (χ1) is 9.53. The molecule has 0 saturated heterocycles. The zero-order valence-corrected chi connectivity index (χ0v) is 11.7. The second-order valence-corrected chi connectivity index (χ2v) is 4.36. The van der Waals surface area contributed by atoms with Crippen molar-refractivity contribution in [3.63, 3.8) is 0 Å². The smallest absolute Gasteiger partial charge is 0.153 e.